The molecule has 4 rings (SSSR count). The number of aliphatic carboxylic acids is 2. The van der Waals surface area contributed by atoms with Crippen molar-refractivity contribution in [1.29, 1.82) is 0 Å². The van der Waals surface area contributed by atoms with E-state index in [9.17, 15) is 0 Å². The first-order valence-corrected chi connectivity index (χ1v) is 13.8. The smallest absolute Gasteiger partial charge is 0.357 e. The van der Waals surface area contributed by atoms with Crippen molar-refractivity contribution in [3.05, 3.63) is 136 Å². The second-order valence-corrected chi connectivity index (χ2v) is 12.0. The molecule has 0 amide bonds. The molecular formula is C26H20I2O4. The van der Waals surface area contributed by atoms with E-state index in [2.05, 4.69) is 121 Å². The Balaban J connectivity index is 0.000000183. The Morgan fingerprint density at radius 1 is 0.406 bits per heavy atom. The Morgan fingerprint density at radius 2 is 0.594 bits per heavy atom. The molecular weight excluding hydrogens is 630 g/mol. The van der Waals surface area contributed by atoms with Crippen LogP contribution in [0.5, 0.6) is 0 Å². The fraction of sp³-hybridized carbons (Fsp3) is 0. The van der Waals surface area contributed by atoms with E-state index < -0.39 is 11.9 Å². The van der Waals surface area contributed by atoms with Crippen molar-refractivity contribution in [2.24, 2.45) is 0 Å². The zero-order valence-corrected chi connectivity index (χ0v) is 21.3. The van der Waals surface area contributed by atoms with E-state index in [1.165, 1.54) is 14.3 Å². The highest BCUT2D eigenvalue weighted by atomic mass is 127. The van der Waals surface area contributed by atoms with E-state index in [0.717, 1.165) is 0 Å². The van der Waals surface area contributed by atoms with Crippen molar-refractivity contribution in [3.8, 4) is 0 Å². The van der Waals surface area contributed by atoms with E-state index in [4.69, 9.17) is 19.8 Å². The molecule has 162 valence electrons. The van der Waals surface area contributed by atoms with E-state index >= 15 is 0 Å². The Morgan fingerprint density at radius 3 is 0.750 bits per heavy atom. The summed E-state index contributed by atoms with van der Waals surface area (Å²) in [5.74, 6) is -4.37. The number of rotatable bonds is 4. The van der Waals surface area contributed by atoms with Crippen LogP contribution in [0.2, 0.25) is 0 Å². The normalized spacial score (nSPS) is 9.38. The average Bonchev–Trinajstić information content (AvgIpc) is 2.83. The van der Waals surface area contributed by atoms with Gasteiger partial charge in [-0.3, -0.25) is 0 Å². The molecule has 0 atom stereocenters. The first-order valence-electron chi connectivity index (χ1n) is 9.47. The second-order valence-electron chi connectivity index (χ2n) is 5.95. The van der Waals surface area contributed by atoms with Gasteiger partial charge >= 0.3 is 42.4 Å². The van der Waals surface area contributed by atoms with Gasteiger partial charge < -0.3 is 19.8 Å². The molecule has 0 N–H and O–H groups in total. The van der Waals surface area contributed by atoms with E-state index in [1.54, 1.807) is 0 Å². The van der Waals surface area contributed by atoms with Gasteiger partial charge in [0.25, 0.3) is 0 Å². The minimum atomic E-state index is -2.19. The Labute approximate surface area is 208 Å². The summed E-state index contributed by atoms with van der Waals surface area (Å²) in [5, 5.41) is 17.9. The molecule has 32 heavy (non-hydrogen) atoms. The summed E-state index contributed by atoms with van der Waals surface area (Å²) in [6, 6.07) is 42.8. The average molecular weight is 650 g/mol. The van der Waals surface area contributed by atoms with Gasteiger partial charge in [0.1, 0.15) is 0 Å². The van der Waals surface area contributed by atoms with Gasteiger partial charge in [-0.2, -0.15) is 0 Å². The van der Waals surface area contributed by atoms with Crippen LogP contribution in [-0.2, 0) is 9.59 Å². The van der Waals surface area contributed by atoms with Gasteiger partial charge in [0.05, 0.1) is 11.9 Å². The molecule has 0 unspecified atom stereocenters. The third-order valence-electron chi connectivity index (χ3n) is 3.54. The van der Waals surface area contributed by atoms with Gasteiger partial charge in [0, 0.05) is 0 Å². The van der Waals surface area contributed by atoms with Crippen molar-refractivity contribution in [2.45, 2.75) is 0 Å². The minimum Gasteiger partial charge on any atom is -0.543 e. The predicted octanol–water partition coefficient (Wildman–Crippen LogP) is -3.88. The van der Waals surface area contributed by atoms with Crippen LogP contribution in [-0.4, -0.2) is 11.9 Å². The van der Waals surface area contributed by atoms with Crippen LogP contribution in [0.4, 0.5) is 0 Å². The van der Waals surface area contributed by atoms with Gasteiger partial charge in [-0.05, 0) is 48.5 Å². The number of benzene rings is 4. The van der Waals surface area contributed by atoms with Crippen molar-refractivity contribution in [3.63, 3.8) is 0 Å². The highest BCUT2D eigenvalue weighted by Crippen LogP contribution is 1.86. The van der Waals surface area contributed by atoms with E-state index in [1.807, 2.05) is 0 Å². The predicted molar refractivity (Wildman–Crippen MR) is 111 cm³/mol. The molecule has 0 heterocycles. The first kappa shape index (κ1) is 25.5. The molecule has 0 saturated carbocycles. The number of carboxylic acids is 2. The number of carboxylic acid groups (broad SMARTS) is 2. The molecule has 0 saturated heterocycles. The van der Waals surface area contributed by atoms with E-state index in [-0.39, 0.29) is 42.4 Å². The molecule has 0 aliphatic carbocycles. The number of carbonyl (C=O) groups is 2. The quantitative estimate of drug-likeness (QED) is 0.168. The summed E-state index contributed by atoms with van der Waals surface area (Å²) in [7, 11) is 0. The van der Waals surface area contributed by atoms with Crippen LogP contribution in [0.25, 0.3) is 0 Å². The number of hydrogen-bond donors (Lipinski definition) is 0. The largest absolute Gasteiger partial charge is 0.543 e. The van der Waals surface area contributed by atoms with Crippen molar-refractivity contribution >= 4 is 11.9 Å². The second kappa shape index (κ2) is 15.1. The van der Waals surface area contributed by atoms with Crippen LogP contribution in [0.15, 0.2) is 121 Å². The molecule has 4 aromatic rings. The molecule has 0 bridgehead atoms. The van der Waals surface area contributed by atoms with E-state index in [0.29, 0.717) is 0 Å². The monoisotopic (exact) mass is 650 g/mol. The van der Waals surface area contributed by atoms with Crippen molar-refractivity contribution in [1.82, 2.24) is 0 Å². The number of halogens is 2. The number of carbonyl (C=O) groups excluding carboxylic acids is 2. The molecule has 0 aliphatic rings. The summed E-state index contributed by atoms with van der Waals surface area (Å²) in [6.07, 6.45) is 0. The molecule has 0 aliphatic heterocycles. The highest BCUT2D eigenvalue weighted by Gasteiger charge is 2.13. The maximum Gasteiger partial charge on any atom is 0.357 e. The maximum atomic E-state index is 8.93. The lowest BCUT2D eigenvalue weighted by Gasteiger charge is -1.97. The fourth-order valence-corrected chi connectivity index (χ4v) is 6.70. The molecule has 0 radical (unpaired) electrons. The third-order valence-corrected chi connectivity index (χ3v) is 8.90. The maximum absolute atomic E-state index is 8.93. The van der Waals surface area contributed by atoms with Crippen molar-refractivity contribution < 1.29 is 62.2 Å². The summed E-state index contributed by atoms with van der Waals surface area (Å²) in [5.41, 5.74) is 0. The zero-order chi connectivity index (χ0) is 23.0. The molecule has 0 fully saturated rings. The first-order chi connectivity index (χ1) is 15.5. The topological polar surface area (TPSA) is 80.3 Å². The summed E-state index contributed by atoms with van der Waals surface area (Å²) < 4.78 is 5.92. The Kier molecular flexibility index (Phi) is 12.1. The summed E-state index contributed by atoms with van der Waals surface area (Å²) in [6.45, 7) is 0. The van der Waals surface area contributed by atoms with Crippen LogP contribution in [0, 0.1) is 14.3 Å². The highest BCUT2D eigenvalue weighted by molar-refractivity contribution is 6.25. The standard InChI is InChI=1S/2C12H10I.C2H2O4/c2*1-3-7-11(8-4-1)13-12-9-5-2-6-10-12;3-1(4)2(5)6/h2*1-10H;(H,3,4)(H,5,6)/q2*+1;/p-2. The van der Waals surface area contributed by atoms with Gasteiger partial charge in [-0.1, -0.05) is 72.8 Å². The van der Waals surface area contributed by atoms with Crippen LogP contribution >= 0.6 is 0 Å². The van der Waals surface area contributed by atoms with Gasteiger partial charge in [0.15, 0.2) is 14.3 Å². The van der Waals surface area contributed by atoms with Crippen LogP contribution in [0.1, 0.15) is 0 Å². The van der Waals surface area contributed by atoms with Gasteiger partial charge in [-0.25, -0.2) is 0 Å². The molecule has 0 aromatic heterocycles. The zero-order valence-electron chi connectivity index (χ0n) is 16.9. The third kappa shape index (κ3) is 11.1. The lowest BCUT2D eigenvalue weighted by Crippen LogP contribution is -3.61. The Hall–Kier alpha value is -2.72. The van der Waals surface area contributed by atoms with Crippen molar-refractivity contribution in [2.75, 3.05) is 0 Å². The Bertz CT molecular complexity index is 894. The van der Waals surface area contributed by atoms with Crippen LogP contribution < -0.4 is 52.6 Å². The SMILES string of the molecule is O=C([O-])C(=O)[O-].c1ccc([I+]c2ccccc2)cc1.c1ccc([I+]c2ccccc2)cc1. The fourth-order valence-electron chi connectivity index (χ4n) is 2.16. The lowest BCUT2D eigenvalue weighted by molar-refractivity contribution is -0.597. The molecule has 4 nitrogen and oxygen atoms in total. The summed E-state index contributed by atoms with van der Waals surface area (Å²) >= 11 is 0.0574. The lowest BCUT2D eigenvalue weighted by atomic mass is 10.4. The minimum absolute atomic E-state index is 0.0287. The molecule has 4 aromatic carbocycles. The number of hydrogen-bond acceptors (Lipinski definition) is 4. The molecule has 6 heteroatoms. The van der Waals surface area contributed by atoms with Gasteiger partial charge in [-0.15, -0.1) is 0 Å². The van der Waals surface area contributed by atoms with Crippen LogP contribution in [0.3, 0.4) is 0 Å². The molecule has 0 spiro atoms. The summed E-state index contributed by atoms with van der Waals surface area (Å²) in [4.78, 5) is 17.9. The van der Waals surface area contributed by atoms with Gasteiger partial charge in [0.2, 0.25) is 0 Å².